The first kappa shape index (κ1) is 12.5. The van der Waals surface area contributed by atoms with Crippen LogP contribution < -0.4 is 5.32 Å². The molecule has 0 saturated carbocycles. The van der Waals surface area contributed by atoms with Crippen molar-refractivity contribution < 1.29 is 4.92 Å². The third-order valence-corrected chi connectivity index (χ3v) is 3.58. The van der Waals surface area contributed by atoms with Gasteiger partial charge in [-0.1, -0.05) is 6.07 Å². The Morgan fingerprint density at radius 1 is 1.44 bits per heavy atom. The first-order chi connectivity index (χ1) is 8.49. The van der Waals surface area contributed by atoms with Crippen molar-refractivity contribution in [2.45, 2.75) is 19.4 Å². The number of nitro groups is 1. The maximum Gasteiger partial charge on any atom is 0.271 e. The smallest absolute Gasteiger partial charge is 0.271 e. The standard InChI is InChI=1S/C12H13N3O2S/c1-12(2,11-13-6-7-18-11)14-9-4-3-5-10(8-9)15(16)17/h3-8,14H,1-2H3. The van der Waals surface area contributed by atoms with Gasteiger partial charge in [-0.25, -0.2) is 4.98 Å². The van der Waals surface area contributed by atoms with Crippen LogP contribution in [0.4, 0.5) is 11.4 Å². The minimum atomic E-state index is -0.401. The molecule has 1 N–H and O–H groups in total. The van der Waals surface area contributed by atoms with Gasteiger partial charge in [-0.15, -0.1) is 11.3 Å². The third kappa shape index (κ3) is 2.65. The number of thiazole rings is 1. The average molecular weight is 263 g/mol. The van der Waals surface area contributed by atoms with E-state index in [0.29, 0.717) is 5.69 Å². The molecule has 0 aliphatic carbocycles. The molecule has 0 amide bonds. The summed E-state index contributed by atoms with van der Waals surface area (Å²) in [6.07, 6.45) is 1.75. The SMILES string of the molecule is CC(C)(Nc1cccc([N+](=O)[O-])c1)c1nccs1. The minimum absolute atomic E-state index is 0.0786. The molecule has 0 radical (unpaired) electrons. The van der Waals surface area contributed by atoms with Crippen LogP contribution in [-0.4, -0.2) is 9.91 Å². The zero-order chi connectivity index (χ0) is 13.2. The van der Waals surface area contributed by atoms with E-state index in [0.717, 1.165) is 5.01 Å². The Morgan fingerprint density at radius 3 is 2.83 bits per heavy atom. The van der Waals surface area contributed by atoms with Crippen molar-refractivity contribution in [1.29, 1.82) is 0 Å². The summed E-state index contributed by atoms with van der Waals surface area (Å²) < 4.78 is 0. The summed E-state index contributed by atoms with van der Waals surface area (Å²) in [5.74, 6) is 0. The maximum atomic E-state index is 10.7. The molecule has 2 rings (SSSR count). The van der Waals surface area contributed by atoms with Crippen molar-refractivity contribution in [2.24, 2.45) is 0 Å². The van der Waals surface area contributed by atoms with Crippen molar-refractivity contribution in [3.8, 4) is 0 Å². The molecule has 1 aromatic carbocycles. The largest absolute Gasteiger partial charge is 0.374 e. The van der Waals surface area contributed by atoms with E-state index in [4.69, 9.17) is 0 Å². The van der Waals surface area contributed by atoms with Crippen LogP contribution in [0.25, 0.3) is 0 Å². The number of hydrogen-bond acceptors (Lipinski definition) is 5. The molecule has 0 atom stereocenters. The molecule has 2 aromatic rings. The number of aromatic nitrogens is 1. The van der Waals surface area contributed by atoms with Crippen LogP contribution >= 0.6 is 11.3 Å². The Hall–Kier alpha value is -1.95. The number of nitrogens with zero attached hydrogens (tertiary/aromatic N) is 2. The van der Waals surface area contributed by atoms with Gasteiger partial charge in [-0.3, -0.25) is 10.1 Å². The van der Waals surface area contributed by atoms with Gasteiger partial charge in [0.05, 0.1) is 10.5 Å². The van der Waals surface area contributed by atoms with E-state index in [-0.39, 0.29) is 11.2 Å². The number of rotatable bonds is 4. The fourth-order valence-corrected chi connectivity index (χ4v) is 2.36. The highest BCUT2D eigenvalue weighted by Gasteiger charge is 2.23. The van der Waals surface area contributed by atoms with Gasteiger partial charge in [0.15, 0.2) is 0 Å². The number of hydrogen-bond donors (Lipinski definition) is 1. The van der Waals surface area contributed by atoms with E-state index in [1.807, 2.05) is 25.3 Å². The van der Waals surface area contributed by atoms with Gasteiger partial charge in [-0.05, 0) is 19.9 Å². The molecule has 94 valence electrons. The van der Waals surface area contributed by atoms with E-state index in [2.05, 4.69) is 10.3 Å². The van der Waals surface area contributed by atoms with E-state index in [9.17, 15) is 10.1 Å². The Bertz CT molecular complexity index is 552. The third-order valence-electron chi connectivity index (χ3n) is 2.48. The molecule has 0 bridgehead atoms. The summed E-state index contributed by atoms with van der Waals surface area (Å²) in [6, 6.07) is 6.47. The van der Waals surface area contributed by atoms with E-state index in [1.54, 1.807) is 23.6 Å². The highest BCUT2D eigenvalue weighted by molar-refractivity contribution is 7.09. The number of benzene rings is 1. The quantitative estimate of drug-likeness (QED) is 0.678. The predicted molar refractivity (Wildman–Crippen MR) is 71.9 cm³/mol. The average Bonchev–Trinajstić information content (AvgIpc) is 2.82. The number of anilines is 1. The van der Waals surface area contributed by atoms with Crippen LogP contribution in [0.3, 0.4) is 0 Å². The Balaban J connectivity index is 2.24. The molecule has 0 spiro atoms. The Morgan fingerprint density at radius 2 is 2.22 bits per heavy atom. The van der Waals surface area contributed by atoms with Crippen molar-refractivity contribution in [2.75, 3.05) is 5.32 Å². The summed E-state index contributed by atoms with van der Waals surface area (Å²) in [7, 11) is 0. The fraction of sp³-hybridized carbons (Fsp3) is 0.250. The van der Waals surface area contributed by atoms with Gasteiger partial charge in [-0.2, -0.15) is 0 Å². The molecule has 0 saturated heterocycles. The normalized spacial score (nSPS) is 11.2. The molecular formula is C12H13N3O2S. The maximum absolute atomic E-state index is 10.7. The molecule has 1 aromatic heterocycles. The second-order valence-electron chi connectivity index (χ2n) is 4.39. The van der Waals surface area contributed by atoms with E-state index >= 15 is 0 Å². The highest BCUT2D eigenvalue weighted by Crippen LogP contribution is 2.28. The second-order valence-corrected chi connectivity index (χ2v) is 5.29. The minimum Gasteiger partial charge on any atom is -0.374 e. The first-order valence-corrected chi connectivity index (χ1v) is 6.29. The van der Waals surface area contributed by atoms with Crippen molar-refractivity contribution >= 4 is 22.7 Å². The zero-order valence-corrected chi connectivity index (χ0v) is 10.9. The molecule has 1 heterocycles. The van der Waals surface area contributed by atoms with E-state index in [1.165, 1.54) is 12.1 Å². The lowest BCUT2D eigenvalue weighted by Crippen LogP contribution is -2.27. The van der Waals surface area contributed by atoms with Crippen molar-refractivity contribution in [1.82, 2.24) is 4.98 Å². The lowest BCUT2D eigenvalue weighted by molar-refractivity contribution is -0.384. The van der Waals surface area contributed by atoms with Gasteiger partial charge in [0.25, 0.3) is 5.69 Å². The molecule has 0 unspecified atom stereocenters. The fourth-order valence-electron chi connectivity index (χ4n) is 1.64. The van der Waals surface area contributed by atoms with Crippen LogP contribution in [0.15, 0.2) is 35.8 Å². The van der Waals surface area contributed by atoms with Gasteiger partial charge in [0.2, 0.25) is 0 Å². The van der Waals surface area contributed by atoms with E-state index < -0.39 is 4.92 Å². The van der Waals surface area contributed by atoms with Crippen LogP contribution in [-0.2, 0) is 5.54 Å². The molecular weight excluding hydrogens is 250 g/mol. The van der Waals surface area contributed by atoms with Gasteiger partial charge in [0, 0.05) is 29.4 Å². The van der Waals surface area contributed by atoms with Crippen molar-refractivity contribution in [3.05, 3.63) is 51.0 Å². The molecule has 0 fully saturated rings. The lowest BCUT2D eigenvalue weighted by atomic mass is 10.1. The number of nitro benzene ring substituents is 1. The topological polar surface area (TPSA) is 68.1 Å². The molecule has 0 aliphatic rings. The summed E-state index contributed by atoms with van der Waals surface area (Å²) >= 11 is 1.55. The zero-order valence-electron chi connectivity index (χ0n) is 10.1. The Labute approximate surface area is 109 Å². The number of non-ortho nitro benzene ring substituents is 1. The van der Waals surface area contributed by atoms with Gasteiger partial charge >= 0.3 is 0 Å². The molecule has 5 nitrogen and oxygen atoms in total. The van der Waals surface area contributed by atoms with Gasteiger partial charge < -0.3 is 5.32 Å². The molecule has 18 heavy (non-hydrogen) atoms. The molecule has 6 heteroatoms. The summed E-state index contributed by atoms with van der Waals surface area (Å²) in [5, 5.41) is 16.8. The summed E-state index contributed by atoms with van der Waals surface area (Å²) in [4.78, 5) is 14.6. The highest BCUT2D eigenvalue weighted by atomic mass is 32.1. The summed E-state index contributed by atoms with van der Waals surface area (Å²) in [5.41, 5.74) is 0.433. The number of nitrogens with one attached hydrogen (secondary N) is 1. The molecule has 0 aliphatic heterocycles. The second kappa shape index (κ2) is 4.73. The first-order valence-electron chi connectivity index (χ1n) is 5.42. The van der Waals surface area contributed by atoms with Gasteiger partial charge in [0.1, 0.15) is 5.01 Å². The van der Waals surface area contributed by atoms with Crippen LogP contribution in [0.2, 0.25) is 0 Å². The lowest BCUT2D eigenvalue weighted by Gasteiger charge is -2.25. The van der Waals surface area contributed by atoms with Crippen LogP contribution in [0.1, 0.15) is 18.9 Å². The monoisotopic (exact) mass is 263 g/mol. The Kier molecular flexibility index (Phi) is 3.29. The van der Waals surface area contributed by atoms with Crippen molar-refractivity contribution in [3.63, 3.8) is 0 Å². The summed E-state index contributed by atoms with van der Waals surface area (Å²) in [6.45, 7) is 3.98. The van der Waals surface area contributed by atoms with Crippen LogP contribution in [0.5, 0.6) is 0 Å². The van der Waals surface area contributed by atoms with Crippen LogP contribution in [0, 0.1) is 10.1 Å². The predicted octanol–water partition coefficient (Wildman–Crippen LogP) is 3.40.